The third-order valence-electron chi connectivity index (χ3n) is 5.02. The average Bonchev–Trinajstić information content (AvgIpc) is 3.31. The minimum absolute atomic E-state index is 0.0174. The Balaban J connectivity index is 1.75. The lowest BCUT2D eigenvalue weighted by molar-refractivity contribution is 0.115. The first-order valence-electron chi connectivity index (χ1n) is 9.52. The molecule has 0 radical (unpaired) electrons. The van der Waals surface area contributed by atoms with Gasteiger partial charge in [-0.15, -0.1) is 11.3 Å². The second-order valence-corrected chi connectivity index (χ2v) is 9.59. The van der Waals surface area contributed by atoms with Crippen molar-refractivity contribution in [1.82, 2.24) is 4.98 Å². The lowest BCUT2D eigenvalue weighted by atomic mass is 10.0. The summed E-state index contributed by atoms with van der Waals surface area (Å²) in [5.41, 5.74) is 1.24. The number of benzene rings is 2. The van der Waals surface area contributed by atoms with Gasteiger partial charge in [-0.25, -0.2) is 17.7 Å². The smallest absolute Gasteiger partial charge is 0.266 e. The number of anilines is 1. The van der Waals surface area contributed by atoms with Crippen LogP contribution in [0.2, 0.25) is 0 Å². The van der Waals surface area contributed by atoms with Gasteiger partial charge in [0.1, 0.15) is 17.2 Å². The van der Waals surface area contributed by atoms with Crippen LogP contribution >= 0.6 is 11.3 Å². The van der Waals surface area contributed by atoms with Crippen molar-refractivity contribution in [2.24, 2.45) is 0 Å². The van der Waals surface area contributed by atoms with Crippen LogP contribution in [0.25, 0.3) is 0 Å². The summed E-state index contributed by atoms with van der Waals surface area (Å²) in [5.74, 6) is 1.49. The number of aliphatic hydroxyl groups excluding tert-OH is 1. The van der Waals surface area contributed by atoms with Crippen LogP contribution in [0.4, 0.5) is 5.13 Å². The molecule has 0 bridgehead atoms. The van der Waals surface area contributed by atoms with Crippen molar-refractivity contribution in [2.75, 3.05) is 25.1 Å². The zero-order valence-electron chi connectivity index (χ0n) is 17.0. The third-order valence-corrected chi connectivity index (χ3v) is 7.66. The summed E-state index contributed by atoms with van der Waals surface area (Å²) in [6, 6.07) is 9.76. The van der Waals surface area contributed by atoms with Crippen LogP contribution in [-0.2, 0) is 16.6 Å². The van der Waals surface area contributed by atoms with Crippen molar-refractivity contribution < 1.29 is 27.7 Å². The molecule has 2 aromatic carbocycles. The van der Waals surface area contributed by atoms with E-state index < -0.39 is 16.1 Å². The van der Waals surface area contributed by atoms with Crippen LogP contribution in [-0.4, -0.2) is 39.3 Å². The molecule has 0 amide bonds. The molecule has 0 spiro atoms. The normalized spacial score (nSPS) is 15.6. The van der Waals surface area contributed by atoms with Crippen molar-refractivity contribution in [3.05, 3.63) is 59.1 Å². The molecule has 2 heterocycles. The summed E-state index contributed by atoms with van der Waals surface area (Å²) >= 11 is 1.22. The minimum Gasteiger partial charge on any atom is -0.497 e. The van der Waals surface area contributed by atoms with Crippen molar-refractivity contribution in [2.45, 2.75) is 24.0 Å². The second-order valence-electron chi connectivity index (χ2n) is 6.86. The molecular weight excluding hydrogens is 440 g/mol. The molecule has 0 fully saturated rings. The first kappa shape index (κ1) is 21.4. The van der Waals surface area contributed by atoms with Gasteiger partial charge in [0.2, 0.25) is 0 Å². The van der Waals surface area contributed by atoms with Gasteiger partial charge >= 0.3 is 0 Å². The van der Waals surface area contributed by atoms with Crippen molar-refractivity contribution in [3.63, 3.8) is 0 Å². The zero-order chi connectivity index (χ0) is 22.0. The van der Waals surface area contributed by atoms with Gasteiger partial charge in [0.15, 0.2) is 5.13 Å². The highest BCUT2D eigenvalue weighted by Crippen LogP contribution is 2.36. The fraction of sp³-hybridized carbons (Fsp3) is 0.286. The first-order chi connectivity index (χ1) is 14.9. The SMILES string of the molecule is COc1ccc(CN(c2nccs2)S(=O)(=O)c2ccc3c(c2)OCCC3O)c(OC)c1. The molecule has 0 saturated carbocycles. The summed E-state index contributed by atoms with van der Waals surface area (Å²) < 4.78 is 44.8. The number of methoxy groups -OCH3 is 2. The van der Waals surface area contributed by atoms with E-state index in [1.165, 1.54) is 34.9 Å². The molecule has 1 aliphatic heterocycles. The average molecular weight is 463 g/mol. The van der Waals surface area contributed by atoms with E-state index >= 15 is 0 Å². The van der Waals surface area contributed by atoms with Crippen LogP contribution in [0.15, 0.2) is 52.9 Å². The molecule has 8 nitrogen and oxygen atoms in total. The largest absolute Gasteiger partial charge is 0.497 e. The maximum atomic E-state index is 13.6. The van der Waals surface area contributed by atoms with Gasteiger partial charge in [-0.1, -0.05) is 6.07 Å². The maximum absolute atomic E-state index is 13.6. The number of sulfonamides is 1. The molecule has 1 atom stereocenters. The van der Waals surface area contributed by atoms with Crippen LogP contribution in [0, 0.1) is 0 Å². The molecule has 10 heteroatoms. The Hall–Kier alpha value is -2.82. The van der Waals surface area contributed by atoms with E-state index in [9.17, 15) is 13.5 Å². The van der Waals surface area contributed by atoms with Gasteiger partial charge in [0.25, 0.3) is 10.0 Å². The van der Waals surface area contributed by atoms with Crippen molar-refractivity contribution in [3.8, 4) is 17.2 Å². The number of hydrogen-bond donors (Lipinski definition) is 1. The van der Waals surface area contributed by atoms with E-state index in [4.69, 9.17) is 14.2 Å². The van der Waals surface area contributed by atoms with E-state index in [0.29, 0.717) is 46.5 Å². The zero-order valence-corrected chi connectivity index (χ0v) is 18.6. The Morgan fingerprint density at radius 1 is 1.23 bits per heavy atom. The Kier molecular flexibility index (Phi) is 6.03. The van der Waals surface area contributed by atoms with Gasteiger partial charge in [-0.05, 0) is 18.2 Å². The number of ether oxygens (including phenoxy) is 3. The molecule has 31 heavy (non-hydrogen) atoms. The Morgan fingerprint density at radius 3 is 2.77 bits per heavy atom. The maximum Gasteiger partial charge on any atom is 0.266 e. The van der Waals surface area contributed by atoms with E-state index in [0.717, 1.165) is 0 Å². The monoisotopic (exact) mass is 462 g/mol. The third kappa shape index (κ3) is 4.18. The van der Waals surface area contributed by atoms with Gasteiger partial charge in [-0.2, -0.15) is 0 Å². The lowest BCUT2D eigenvalue weighted by Gasteiger charge is -2.25. The number of thiazole rings is 1. The van der Waals surface area contributed by atoms with E-state index in [1.807, 2.05) is 0 Å². The number of fused-ring (bicyclic) bond motifs is 1. The van der Waals surface area contributed by atoms with Gasteiger partial charge in [0.05, 0.1) is 38.4 Å². The summed E-state index contributed by atoms with van der Waals surface area (Å²) in [7, 11) is -0.909. The summed E-state index contributed by atoms with van der Waals surface area (Å²) in [5, 5.41) is 12.2. The van der Waals surface area contributed by atoms with Crippen LogP contribution in [0.1, 0.15) is 23.7 Å². The Bertz CT molecular complexity index is 1160. The van der Waals surface area contributed by atoms with E-state index in [1.54, 1.807) is 43.0 Å². The molecule has 0 saturated heterocycles. The molecule has 1 N–H and O–H groups in total. The number of nitrogens with zero attached hydrogens (tertiary/aromatic N) is 2. The quantitative estimate of drug-likeness (QED) is 0.575. The number of hydrogen-bond acceptors (Lipinski definition) is 8. The first-order valence-corrected chi connectivity index (χ1v) is 11.8. The summed E-state index contributed by atoms with van der Waals surface area (Å²) in [6.07, 6.45) is 1.36. The molecular formula is C21H22N2O6S2. The fourth-order valence-corrected chi connectivity index (χ4v) is 5.65. The molecule has 0 aliphatic carbocycles. The van der Waals surface area contributed by atoms with Gasteiger partial charge in [0, 0.05) is 41.3 Å². The molecule has 3 aromatic rings. The minimum atomic E-state index is -3.98. The lowest BCUT2D eigenvalue weighted by Crippen LogP contribution is -2.31. The molecule has 1 aliphatic rings. The number of aliphatic hydroxyl groups is 1. The predicted molar refractivity (Wildman–Crippen MR) is 117 cm³/mol. The summed E-state index contributed by atoms with van der Waals surface area (Å²) in [6.45, 7) is 0.348. The Labute approximate surface area is 184 Å². The van der Waals surface area contributed by atoms with Crippen LogP contribution < -0.4 is 18.5 Å². The van der Waals surface area contributed by atoms with Crippen molar-refractivity contribution >= 4 is 26.5 Å². The molecule has 1 aromatic heterocycles. The number of rotatable bonds is 7. The molecule has 164 valence electrons. The molecule has 1 unspecified atom stereocenters. The van der Waals surface area contributed by atoms with E-state index in [2.05, 4.69) is 4.98 Å². The highest BCUT2D eigenvalue weighted by molar-refractivity contribution is 7.93. The standard InChI is InChI=1S/C21H22N2O6S2/c1-27-15-4-3-14(19(11-15)28-2)13-23(21-22-8-10-30-21)31(25,26)16-5-6-17-18(24)7-9-29-20(17)12-16/h3-6,8,10-12,18,24H,7,9,13H2,1-2H3. The van der Waals surface area contributed by atoms with Crippen LogP contribution in [0.3, 0.4) is 0 Å². The second kappa shape index (κ2) is 8.74. The number of aromatic nitrogens is 1. The molecule has 4 rings (SSSR count). The predicted octanol–water partition coefficient (Wildman–Crippen LogP) is 3.37. The fourth-order valence-electron chi connectivity index (χ4n) is 3.37. The van der Waals surface area contributed by atoms with Gasteiger partial charge < -0.3 is 19.3 Å². The van der Waals surface area contributed by atoms with Crippen molar-refractivity contribution in [1.29, 1.82) is 0 Å². The van der Waals surface area contributed by atoms with Gasteiger partial charge in [-0.3, -0.25) is 0 Å². The highest BCUT2D eigenvalue weighted by atomic mass is 32.2. The Morgan fingerprint density at radius 2 is 2.06 bits per heavy atom. The summed E-state index contributed by atoms with van der Waals surface area (Å²) in [4.78, 5) is 4.28. The topological polar surface area (TPSA) is 98.2 Å². The highest BCUT2D eigenvalue weighted by Gasteiger charge is 2.30. The van der Waals surface area contributed by atoms with E-state index in [-0.39, 0.29) is 11.4 Å². The van der Waals surface area contributed by atoms with Crippen LogP contribution in [0.5, 0.6) is 17.2 Å².